The second-order valence-electron chi connectivity index (χ2n) is 4.07. The molecule has 0 radical (unpaired) electrons. The minimum Gasteiger partial charge on any atom is -0.324 e. The zero-order valence-electron chi connectivity index (χ0n) is 10.1. The Morgan fingerprint density at radius 1 is 1.05 bits per heavy atom. The summed E-state index contributed by atoms with van der Waals surface area (Å²) in [5.74, 6) is 0. The third-order valence-electron chi connectivity index (χ3n) is 2.57. The van der Waals surface area contributed by atoms with Crippen LogP contribution in [0.2, 0.25) is 0 Å². The first kappa shape index (κ1) is 16.0. The normalized spacial score (nSPS) is 12.9. The predicted molar refractivity (Wildman–Crippen MR) is 74.6 cm³/mol. The monoisotopic (exact) mass is 307 g/mol. The van der Waals surface area contributed by atoms with Crippen LogP contribution in [0.25, 0.3) is 10.4 Å². The molecular formula is C13H13ClF3NS. The molecule has 0 aliphatic rings. The first-order valence-corrected chi connectivity index (χ1v) is 6.22. The molecule has 19 heavy (non-hydrogen) atoms. The highest BCUT2D eigenvalue weighted by molar-refractivity contribution is 7.15. The van der Waals surface area contributed by atoms with Crippen LogP contribution in [0.1, 0.15) is 23.4 Å². The van der Waals surface area contributed by atoms with Gasteiger partial charge in [-0.25, -0.2) is 0 Å². The first-order valence-electron chi connectivity index (χ1n) is 5.41. The van der Waals surface area contributed by atoms with Crippen molar-refractivity contribution in [1.82, 2.24) is 0 Å². The fourth-order valence-corrected chi connectivity index (χ4v) is 2.54. The SMILES string of the molecule is CC(N)c1ccc(-c2ccc(C(F)(F)F)cc2)s1.Cl. The molecule has 1 nitrogen and oxygen atoms in total. The minimum absolute atomic E-state index is 0. The van der Waals surface area contributed by atoms with Gasteiger partial charge in [-0.05, 0) is 36.8 Å². The van der Waals surface area contributed by atoms with E-state index in [0.717, 1.165) is 27.5 Å². The number of alkyl halides is 3. The van der Waals surface area contributed by atoms with Gasteiger partial charge in [0.25, 0.3) is 0 Å². The van der Waals surface area contributed by atoms with E-state index in [1.807, 2.05) is 19.1 Å². The number of thiophene rings is 1. The quantitative estimate of drug-likeness (QED) is 0.841. The van der Waals surface area contributed by atoms with Crippen molar-refractivity contribution in [2.24, 2.45) is 5.73 Å². The van der Waals surface area contributed by atoms with Gasteiger partial charge < -0.3 is 5.73 Å². The van der Waals surface area contributed by atoms with Crippen molar-refractivity contribution in [3.63, 3.8) is 0 Å². The van der Waals surface area contributed by atoms with E-state index in [4.69, 9.17) is 5.73 Å². The van der Waals surface area contributed by atoms with E-state index in [-0.39, 0.29) is 18.4 Å². The Labute approximate surface area is 119 Å². The molecule has 2 aromatic rings. The molecule has 1 unspecified atom stereocenters. The van der Waals surface area contributed by atoms with Crippen molar-refractivity contribution in [1.29, 1.82) is 0 Å². The van der Waals surface area contributed by atoms with Gasteiger partial charge in [0, 0.05) is 15.8 Å². The van der Waals surface area contributed by atoms with Crippen molar-refractivity contribution in [2.75, 3.05) is 0 Å². The molecule has 2 rings (SSSR count). The van der Waals surface area contributed by atoms with E-state index >= 15 is 0 Å². The van der Waals surface area contributed by atoms with Gasteiger partial charge >= 0.3 is 6.18 Å². The largest absolute Gasteiger partial charge is 0.416 e. The Bertz CT molecular complexity index is 532. The standard InChI is InChI=1S/C13H12F3NS.ClH/c1-8(17)11-6-7-12(18-11)9-2-4-10(5-3-9)13(14,15)16;/h2-8H,17H2,1H3;1H. The van der Waals surface area contributed by atoms with E-state index in [1.54, 1.807) is 0 Å². The number of halogens is 4. The molecule has 0 aliphatic heterocycles. The van der Waals surface area contributed by atoms with Crippen LogP contribution in [0.5, 0.6) is 0 Å². The summed E-state index contributed by atoms with van der Waals surface area (Å²) in [4.78, 5) is 1.95. The minimum atomic E-state index is -4.29. The Hall–Kier alpha value is -1.04. The lowest BCUT2D eigenvalue weighted by Gasteiger charge is -2.06. The smallest absolute Gasteiger partial charge is 0.324 e. The lowest BCUT2D eigenvalue weighted by atomic mass is 10.1. The molecule has 0 saturated carbocycles. The molecule has 1 aromatic heterocycles. The van der Waals surface area contributed by atoms with Crippen LogP contribution in [0.3, 0.4) is 0 Å². The van der Waals surface area contributed by atoms with Crippen molar-refractivity contribution < 1.29 is 13.2 Å². The van der Waals surface area contributed by atoms with Crippen LogP contribution in [-0.4, -0.2) is 0 Å². The molecule has 0 fully saturated rings. The van der Waals surface area contributed by atoms with Crippen molar-refractivity contribution in [3.05, 3.63) is 46.8 Å². The summed E-state index contributed by atoms with van der Waals surface area (Å²) in [6, 6.07) is 8.90. The van der Waals surface area contributed by atoms with Crippen LogP contribution in [0.4, 0.5) is 13.2 Å². The Balaban J connectivity index is 0.00000180. The average Bonchev–Trinajstić information content (AvgIpc) is 2.77. The Morgan fingerprint density at radius 3 is 2.05 bits per heavy atom. The summed E-state index contributed by atoms with van der Waals surface area (Å²) in [7, 11) is 0. The maximum atomic E-state index is 12.4. The fraction of sp³-hybridized carbons (Fsp3) is 0.231. The van der Waals surface area contributed by atoms with E-state index in [1.165, 1.54) is 23.5 Å². The summed E-state index contributed by atoms with van der Waals surface area (Å²) >= 11 is 1.50. The maximum absolute atomic E-state index is 12.4. The molecule has 0 amide bonds. The van der Waals surface area contributed by atoms with E-state index in [2.05, 4.69) is 0 Å². The van der Waals surface area contributed by atoms with Crippen LogP contribution < -0.4 is 5.73 Å². The molecule has 1 aromatic carbocycles. The van der Waals surface area contributed by atoms with Crippen molar-refractivity contribution in [2.45, 2.75) is 19.1 Å². The maximum Gasteiger partial charge on any atom is 0.416 e. The van der Waals surface area contributed by atoms with E-state index in [9.17, 15) is 13.2 Å². The summed E-state index contributed by atoms with van der Waals surface area (Å²) in [6.45, 7) is 1.88. The average molecular weight is 308 g/mol. The van der Waals surface area contributed by atoms with Gasteiger partial charge in [0.05, 0.1) is 5.56 Å². The van der Waals surface area contributed by atoms with E-state index < -0.39 is 11.7 Å². The van der Waals surface area contributed by atoms with Crippen LogP contribution in [0, 0.1) is 0 Å². The van der Waals surface area contributed by atoms with Gasteiger partial charge in [-0.1, -0.05) is 12.1 Å². The van der Waals surface area contributed by atoms with Crippen LogP contribution >= 0.6 is 23.7 Å². The van der Waals surface area contributed by atoms with Gasteiger partial charge in [-0.15, -0.1) is 23.7 Å². The highest BCUT2D eigenvalue weighted by Gasteiger charge is 2.29. The zero-order valence-corrected chi connectivity index (χ0v) is 11.7. The second-order valence-corrected chi connectivity index (χ2v) is 5.18. The predicted octanol–water partition coefficient (Wildman–Crippen LogP) is 4.88. The Morgan fingerprint density at radius 2 is 1.63 bits per heavy atom. The summed E-state index contributed by atoms with van der Waals surface area (Å²) in [5.41, 5.74) is 5.90. The molecule has 2 N–H and O–H groups in total. The molecule has 0 aliphatic carbocycles. The Kier molecular flexibility index (Phi) is 5.01. The molecular weight excluding hydrogens is 295 g/mol. The second kappa shape index (κ2) is 5.94. The first-order chi connectivity index (χ1) is 8.38. The molecule has 0 spiro atoms. The molecule has 104 valence electrons. The van der Waals surface area contributed by atoms with Crippen LogP contribution in [0.15, 0.2) is 36.4 Å². The highest BCUT2D eigenvalue weighted by atomic mass is 35.5. The summed E-state index contributed by atoms with van der Waals surface area (Å²) < 4.78 is 37.3. The lowest BCUT2D eigenvalue weighted by molar-refractivity contribution is -0.137. The zero-order chi connectivity index (χ0) is 13.3. The van der Waals surface area contributed by atoms with Gasteiger partial charge in [0.15, 0.2) is 0 Å². The fourth-order valence-electron chi connectivity index (χ4n) is 1.58. The summed E-state index contributed by atoms with van der Waals surface area (Å²) in [5, 5.41) is 0. The van der Waals surface area contributed by atoms with Crippen molar-refractivity contribution >= 4 is 23.7 Å². The van der Waals surface area contributed by atoms with Gasteiger partial charge in [-0.3, -0.25) is 0 Å². The molecule has 6 heteroatoms. The topological polar surface area (TPSA) is 26.0 Å². The van der Waals surface area contributed by atoms with E-state index in [0.29, 0.717) is 0 Å². The third kappa shape index (κ3) is 3.72. The molecule has 0 saturated heterocycles. The third-order valence-corrected chi connectivity index (χ3v) is 3.91. The van der Waals surface area contributed by atoms with Crippen LogP contribution in [-0.2, 0) is 6.18 Å². The molecule has 1 heterocycles. The number of nitrogens with two attached hydrogens (primary N) is 1. The van der Waals surface area contributed by atoms with Crippen molar-refractivity contribution in [3.8, 4) is 10.4 Å². The highest BCUT2D eigenvalue weighted by Crippen LogP contribution is 2.34. The lowest BCUT2D eigenvalue weighted by Crippen LogP contribution is -2.03. The summed E-state index contributed by atoms with van der Waals surface area (Å²) in [6.07, 6.45) is -4.29. The molecule has 0 bridgehead atoms. The molecule has 1 atom stereocenters. The van der Waals surface area contributed by atoms with Gasteiger partial charge in [-0.2, -0.15) is 13.2 Å². The number of hydrogen-bond donors (Lipinski definition) is 1. The van der Waals surface area contributed by atoms with Gasteiger partial charge in [0.2, 0.25) is 0 Å². The van der Waals surface area contributed by atoms with Gasteiger partial charge in [0.1, 0.15) is 0 Å². The number of hydrogen-bond acceptors (Lipinski definition) is 2. The number of rotatable bonds is 2. The number of benzene rings is 1.